The Morgan fingerprint density at radius 3 is 2.76 bits per heavy atom. The van der Waals surface area contributed by atoms with E-state index in [2.05, 4.69) is 5.32 Å². The highest BCUT2D eigenvalue weighted by atomic mass is 16.3. The van der Waals surface area contributed by atoms with E-state index in [1.165, 1.54) is 0 Å². The van der Waals surface area contributed by atoms with E-state index in [1.54, 1.807) is 25.1 Å². The first-order valence-electron chi connectivity index (χ1n) is 5.82. The number of para-hydroxylation sites is 1. The predicted octanol–water partition coefficient (Wildman–Crippen LogP) is 2.01. The first kappa shape index (κ1) is 13.5. The molecule has 2 unspecified atom stereocenters. The summed E-state index contributed by atoms with van der Waals surface area (Å²) in [7, 11) is 0. The highest BCUT2D eigenvalue weighted by Gasteiger charge is 2.20. The van der Waals surface area contributed by atoms with Gasteiger partial charge in [0.25, 0.3) is 0 Å². The maximum Gasteiger partial charge on any atom is 0.241 e. The summed E-state index contributed by atoms with van der Waals surface area (Å²) in [6, 6.07) is 4.66. The van der Waals surface area contributed by atoms with Gasteiger partial charge in [-0.3, -0.25) is 4.79 Å². The van der Waals surface area contributed by atoms with Crippen LogP contribution in [0.4, 0.5) is 5.69 Å². The molecular formula is C13H20N2O2. The molecule has 0 heterocycles. The first-order valence-corrected chi connectivity index (χ1v) is 5.82. The van der Waals surface area contributed by atoms with Gasteiger partial charge in [-0.1, -0.05) is 32.4 Å². The lowest BCUT2D eigenvalue weighted by atomic mass is 9.99. The Balaban J connectivity index is 2.78. The lowest BCUT2D eigenvalue weighted by Crippen LogP contribution is -2.40. The van der Waals surface area contributed by atoms with Crippen molar-refractivity contribution >= 4 is 11.6 Å². The molecule has 0 aromatic heterocycles. The smallest absolute Gasteiger partial charge is 0.241 e. The molecule has 0 aliphatic carbocycles. The second kappa shape index (κ2) is 5.68. The van der Waals surface area contributed by atoms with E-state index >= 15 is 0 Å². The Kier molecular flexibility index (Phi) is 4.52. The normalized spacial score (nSPS) is 14.1. The maximum absolute atomic E-state index is 11.8. The Hall–Kier alpha value is -1.55. The van der Waals surface area contributed by atoms with E-state index in [1.807, 2.05) is 13.8 Å². The molecule has 2 atom stereocenters. The third kappa shape index (κ3) is 3.20. The van der Waals surface area contributed by atoms with Crippen molar-refractivity contribution in [2.45, 2.75) is 33.2 Å². The zero-order valence-electron chi connectivity index (χ0n) is 10.5. The van der Waals surface area contributed by atoms with Gasteiger partial charge in [0.2, 0.25) is 5.91 Å². The molecule has 0 saturated carbocycles. The lowest BCUT2D eigenvalue weighted by Gasteiger charge is -2.18. The first-order chi connectivity index (χ1) is 7.97. The van der Waals surface area contributed by atoms with Gasteiger partial charge in [0.15, 0.2) is 0 Å². The fourth-order valence-electron chi connectivity index (χ4n) is 1.49. The van der Waals surface area contributed by atoms with E-state index in [-0.39, 0.29) is 17.6 Å². The van der Waals surface area contributed by atoms with Crippen LogP contribution in [0, 0.1) is 12.8 Å². The minimum Gasteiger partial charge on any atom is -0.505 e. The van der Waals surface area contributed by atoms with Crippen molar-refractivity contribution in [3.05, 3.63) is 23.8 Å². The number of nitrogens with two attached hydrogens (primary N) is 1. The summed E-state index contributed by atoms with van der Waals surface area (Å²) in [5, 5.41) is 12.4. The minimum atomic E-state index is -0.556. The highest BCUT2D eigenvalue weighted by Crippen LogP contribution is 2.26. The number of benzene rings is 1. The van der Waals surface area contributed by atoms with Crippen molar-refractivity contribution in [2.75, 3.05) is 5.32 Å². The molecule has 1 aromatic carbocycles. The summed E-state index contributed by atoms with van der Waals surface area (Å²) in [5.41, 5.74) is 6.95. The summed E-state index contributed by atoms with van der Waals surface area (Å²) in [5.74, 6) is -0.0561. The molecule has 0 spiro atoms. The molecule has 0 fully saturated rings. The number of rotatable bonds is 4. The van der Waals surface area contributed by atoms with E-state index in [0.29, 0.717) is 5.69 Å². The number of hydrogen-bond acceptors (Lipinski definition) is 3. The molecule has 0 aliphatic rings. The summed E-state index contributed by atoms with van der Waals surface area (Å²) in [4.78, 5) is 11.8. The van der Waals surface area contributed by atoms with Crippen LogP contribution in [-0.4, -0.2) is 17.1 Å². The van der Waals surface area contributed by atoms with Gasteiger partial charge in [-0.15, -0.1) is 0 Å². The molecule has 4 N–H and O–H groups in total. The van der Waals surface area contributed by atoms with Crippen LogP contribution in [0.1, 0.15) is 25.8 Å². The standard InChI is InChI=1S/C13H20N2O2/c1-4-8(2)11(14)13(17)15-10-7-5-6-9(3)12(10)16/h5-8,11,16H,4,14H2,1-3H3,(H,15,17). The Morgan fingerprint density at radius 2 is 2.18 bits per heavy atom. The summed E-state index contributed by atoms with van der Waals surface area (Å²) in [6.45, 7) is 5.70. The molecule has 0 aliphatic heterocycles. The van der Waals surface area contributed by atoms with Crippen LogP contribution in [0.15, 0.2) is 18.2 Å². The molecule has 1 aromatic rings. The second-order valence-corrected chi connectivity index (χ2v) is 4.37. The molecule has 0 radical (unpaired) electrons. The van der Waals surface area contributed by atoms with Crippen LogP contribution in [0.3, 0.4) is 0 Å². The van der Waals surface area contributed by atoms with Crippen molar-refractivity contribution in [1.29, 1.82) is 0 Å². The number of hydrogen-bond donors (Lipinski definition) is 3. The zero-order chi connectivity index (χ0) is 13.0. The van der Waals surface area contributed by atoms with Crippen LogP contribution in [-0.2, 0) is 4.79 Å². The van der Waals surface area contributed by atoms with Crippen molar-refractivity contribution in [1.82, 2.24) is 0 Å². The number of phenolic OH excluding ortho intramolecular Hbond substituents is 1. The number of carbonyl (C=O) groups is 1. The molecule has 0 saturated heterocycles. The van der Waals surface area contributed by atoms with E-state index in [0.717, 1.165) is 12.0 Å². The topological polar surface area (TPSA) is 75.4 Å². The average Bonchev–Trinajstić information content (AvgIpc) is 2.32. The zero-order valence-corrected chi connectivity index (χ0v) is 10.5. The van der Waals surface area contributed by atoms with Crippen LogP contribution in [0.25, 0.3) is 0 Å². The maximum atomic E-state index is 11.8. The number of anilines is 1. The van der Waals surface area contributed by atoms with Gasteiger partial charge in [0, 0.05) is 0 Å². The fourth-order valence-corrected chi connectivity index (χ4v) is 1.49. The van der Waals surface area contributed by atoms with Crippen molar-refractivity contribution < 1.29 is 9.90 Å². The Bertz CT molecular complexity index is 404. The number of aromatic hydroxyl groups is 1. The second-order valence-electron chi connectivity index (χ2n) is 4.37. The lowest BCUT2D eigenvalue weighted by molar-refractivity contribution is -0.118. The van der Waals surface area contributed by atoms with Gasteiger partial charge >= 0.3 is 0 Å². The van der Waals surface area contributed by atoms with Crippen LogP contribution >= 0.6 is 0 Å². The van der Waals surface area contributed by atoms with Gasteiger partial charge in [0.05, 0.1) is 11.7 Å². The van der Waals surface area contributed by atoms with E-state index in [9.17, 15) is 9.90 Å². The number of amides is 1. The number of aryl methyl sites for hydroxylation is 1. The van der Waals surface area contributed by atoms with Gasteiger partial charge in [-0.25, -0.2) is 0 Å². The number of nitrogens with one attached hydrogen (secondary N) is 1. The van der Waals surface area contributed by atoms with Crippen molar-refractivity contribution in [3.63, 3.8) is 0 Å². The number of phenols is 1. The Labute approximate surface area is 102 Å². The monoisotopic (exact) mass is 236 g/mol. The Morgan fingerprint density at radius 1 is 1.53 bits per heavy atom. The van der Waals surface area contributed by atoms with Gasteiger partial charge in [0.1, 0.15) is 5.75 Å². The molecule has 0 bridgehead atoms. The third-order valence-electron chi connectivity index (χ3n) is 3.06. The van der Waals surface area contributed by atoms with Crippen LogP contribution in [0.2, 0.25) is 0 Å². The van der Waals surface area contributed by atoms with E-state index < -0.39 is 6.04 Å². The quantitative estimate of drug-likeness (QED) is 0.700. The fraction of sp³-hybridized carbons (Fsp3) is 0.462. The molecular weight excluding hydrogens is 216 g/mol. The summed E-state index contributed by atoms with van der Waals surface area (Å²) in [6.07, 6.45) is 0.842. The van der Waals surface area contributed by atoms with Gasteiger partial charge < -0.3 is 16.2 Å². The largest absolute Gasteiger partial charge is 0.505 e. The summed E-state index contributed by atoms with van der Waals surface area (Å²) < 4.78 is 0. The van der Waals surface area contributed by atoms with Crippen LogP contribution in [0.5, 0.6) is 5.75 Å². The highest BCUT2D eigenvalue weighted by molar-refractivity contribution is 5.96. The predicted molar refractivity (Wildman–Crippen MR) is 68.9 cm³/mol. The van der Waals surface area contributed by atoms with Gasteiger partial charge in [-0.2, -0.15) is 0 Å². The molecule has 17 heavy (non-hydrogen) atoms. The minimum absolute atomic E-state index is 0.0946. The SMILES string of the molecule is CCC(C)C(N)C(=O)Nc1cccc(C)c1O. The molecule has 4 heteroatoms. The third-order valence-corrected chi connectivity index (χ3v) is 3.06. The molecule has 94 valence electrons. The average molecular weight is 236 g/mol. The van der Waals surface area contributed by atoms with Crippen LogP contribution < -0.4 is 11.1 Å². The number of carbonyl (C=O) groups excluding carboxylic acids is 1. The summed E-state index contributed by atoms with van der Waals surface area (Å²) >= 11 is 0. The van der Waals surface area contributed by atoms with Crippen molar-refractivity contribution in [2.24, 2.45) is 11.7 Å². The van der Waals surface area contributed by atoms with Gasteiger partial charge in [-0.05, 0) is 24.5 Å². The van der Waals surface area contributed by atoms with Crippen molar-refractivity contribution in [3.8, 4) is 5.75 Å². The van der Waals surface area contributed by atoms with E-state index in [4.69, 9.17) is 5.73 Å². The molecule has 1 rings (SSSR count). The molecule has 1 amide bonds. The molecule has 4 nitrogen and oxygen atoms in total.